The number of allylic oxidation sites excluding steroid dienone is 1. The molecule has 0 spiro atoms. The number of aliphatic carboxylic acids is 1. The van der Waals surface area contributed by atoms with Crippen LogP contribution in [0.15, 0.2) is 12.7 Å². The van der Waals surface area contributed by atoms with Crippen molar-refractivity contribution in [2.75, 3.05) is 0 Å². The molecule has 0 aromatic rings. The smallest absolute Gasteiger partial charge is 0.307 e. The van der Waals surface area contributed by atoms with Gasteiger partial charge in [-0.25, -0.2) is 0 Å². The van der Waals surface area contributed by atoms with Gasteiger partial charge in [0.05, 0.1) is 17.4 Å². The zero-order valence-corrected chi connectivity index (χ0v) is 9.35. The molecule has 16 heavy (non-hydrogen) atoms. The molecule has 0 heterocycles. The van der Waals surface area contributed by atoms with Crippen LogP contribution in [0.2, 0.25) is 0 Å². The summed E-state index contributed by atoms with van der Waals surface area (Å²) in [4.78, 5) is 11.2. The van der Waals surface area contributed by atoms with Gasteiger partial charge in [-0.2, -0.15) is 5.26 Å². The zero-order valence-electron chi connectivity index (χ0n) is 9.35. The number of rotatable bonds is 2. The molecule has 0 amide bonds. The van der Waals surface area contributed by atoms with Crippen LogP contribution in [0.5, 0.6) is 0 Å². The first-order valence-electron chi connectivity index (χ1n) is 5.92. The summed E-state index contributed by atoms with van der Waals surface area (Å²) in [6, 6.07) is 2.43. The number of nitriles is 1. The lowest BCUT2D eigenvalue weighted by Crippen LogP contribution is -2.34. The van der Waals surface area contributed by atoms with Crippen molar-refractivity contribution in [1.82, 2.24) is 0 Å². The Kier molecular flexibility index (Phi) is 2.75. The highest BCUT2D eigenvalue weighted by Crippen LogP contribution is 2.58. The predicted molar refractivity (Wildman–Crippen MR) is 59.4 cm³/mol. The summed E-state index contributed by atoms with van der Waals surface area (Å²) in [5.41, 5.74) is -0.441. The van der Waals surface area contributed by atoms with Gasteiger partial charge in [-0.15, -0.1) is 6.58 Å². The molecule has 3 nitrogen and oxygen atoms in total. The molecule has 1 N–H and O–H groups in total. The highest BCUT2D eigenvalue weighted by Gasteiger charge is 2.56. The van der Waals surface area contributed by atoms with Crippen molar-refractivity contribution in [2.45, 2.75) is 32.1 Å². The van der Waals surface area contributed by atoms with Crippen LogP contribution in [0.3, 0.4) is 0 Å². The van der Waals surface area contributed by atoms with E-state index in [2.05, 4.69) is 12.6 Å². The Morgan fingerprint density at radius 1 is 1.56 bits per heavy atom. The third-order valence-corrected chi connectivity index (χ3v) is 4.47. The zero-order chi connectivity index (χ0) is 11.8. The minimum Gasteiger partial charge on any atom is -0.481 e. The fraction of sp³-hybridized carbons (Fsp3) is 0.692. The molecule has 4 atom stereocenters. The van der Waals surface area contributed by atoms with Crippen LogP contribution >= 0.6 is 0 Å². The van der Waals surface area contributed by atoms with Gasteiger partial charge < -0.3 is 5.11 Å². The van der Waals surface area contributed by atoms with Gasteiger partial charge in [0.25, 0.3) is 0 Å². The lowest BCUT2D eigenvalue weighted by Gasteiger charge is -2.36. The summed E-state index contributed by atoms with van der Waals surface area (Å²) < 4.78 is 0. The molecular formula is C13H17NO2. The van der Waals surface area contributed by atoms with Gasteiger partial charge in [0, 0.05) is 5.92 Å². The topological polar surface area (TPSA) is 61.1 Å². The van der Waals surface area contributed by atoms with Crippen molar-refractivity contribution in [3.63, 3.8) is 0 Å². The molecule has 2 aliphatic carbocycles. The van der Waals surface area contributed by atoms with E-state index in [1.165, 1.54) is 0 Å². The third kappa shape index (κ3) is 1.36. The number of hydrogen-bond donors (Lipinski definition) is 1. The predicted octanol–water partition coefficient (Wildman–Crippen LogP) is 2.59. The van der Waals surface area contributed by atoms with Gasteiger partial charge in [0.2, 0.25) is 0 Å². The Bertz CT molecular complexity index is 357. The van der Waals surface area contributed by atoms with Crippen molar-refractivity contribution >= 4 is 5.97 Å². The molecule has 2 fully saturated rings. The van der Waals surface area contributed by atoms with Crippen molar-refractivity contribution in [2.24, 2.45) is 23.2 Å². The van der Waals surface area contributed by atoms with E-state index in [1.54, 1.807) is 6.08 Å². The number of nitrogens with zero attached hydrogens (tertiary/aromatic N) is 1. The van der Waals surface area contributed by atoms with E-state index >= 15 is 0 Å². The van der Waals surface area contributed by atoms with Crippen molar-refractivity contribution < 1.29 is 9.90 Å². The van der Waals surface area contributed by atoms with E-state index in [4.69, 9.17) is 0 Å². The van der Waals surface area contributed by atoms with Crippen LogP contribution < -0.4 is 0 Å². The molecule has 3 heteroatoms. The second-order valence-corrected chi connectivity index (χ2v) is 5.04. The third-order valence-electron chi connectivity index (χ3n) is 4.47. The minimum atomic E-state index is -0.770. The molecule has 2 saturated carbocycles. The average molecular weight is 219 g/mol. The summed E-state index contributed by atoms with van der Waals surface area (Å²) in [5, 5.41) is 18.7. The van der Waals surface area contributed by atoms with Gasteiger partial charge in [0.1, 0.15) is 0 Å². The van der Waals surface area contributed by atoms with Crippen LogP contribution in [-0.2, 0) is 4.79 Å². The van der Waals surface area contributed by atoms with E-state index < -0.39 is 17.3 Å². The molecule has 0 bridgehead atoms. The fourth-order valence-corrected chi connectivity index (χ4v) is 3.70. The monoisotopic (exact) mass is 219 g/mol. The molecule has 86 valence electrons. The summed E-state index contributed by atoms with van der Waals surface area (Å²) in [6.07, 6.45) is 6.37. The van der Waals surface area contributed by atoms with Crippen LogP contribution in [0.1, 0.15) is 32.1 Å². The maximum atomic E-state index is 11.2. The van der Waals surface area contributed by atoms with Crippen molar-refractivity contribution in [1.29, 1.82) is 5.26 Å². The molecule has 2 rings (SSSR count). The fourth-order valence-electron chi connectivity index (χ4n) is 3.70. The first-order chi connectivity index (χ1) is 7.65. The second-order valence-electron chi connectivity index (χ2n) is 5.04. The van der Waals surface area contributed by atoms with Gasteiger partial charge >= 0.3 is 5.97 Å². The molecule has 0 unspecified atom stereocenters. The van der Waals surface area contributed by atoms with Gasteiger partial charge in [-0.05, 0) is 25.2 Å². The van der Waals surface area contributed by atoms with E-state index in [0.29, 0.717) is 6.42 Å². The number of carboxylic acid groups (broad SMARTS) is 1. The van der Waals surface area contributed by atoms with Gasteiger partial charge in [0.15, 0.2) is 0 Å². The minimum absolute atomic E-state index is 0.166. The lowest BCUT2D eigenvalue weighted by atomic mass is 9.64. The first kappa shape index (κ1) is 11.2. The average Bonchev–Trinajstić information content (AvgIpc) is 2.63. The molecule has 0 aliphatic heterocycles. The van der Waals surface area contributed by atoms with Crippen molar-refractivity contribution in [3.8, 4) is 6.07 Å². The molecule has 0 aromatic carbocycles. The maximum absolute atomic E-state index is 11.2. The molecule has 0 aromatic heterocycles. The maximum Gasteiger partial charge on any atom is 0.307 e. The van der Waals surface area contributed by atoms with Gasteiger partial charge in [-0.1, -0.05) is 18.9 Å². The Balaban J connectivity index is 2.38. The largest absolute Gasteiger partial charge is 0.481 e. The summed E-state index contributed by atoms with van der Waals surface area (Å²) in [6.45, 7) is 3.74. The first-order valence-corrected chi connectivity index (χ1v) is 5.92. The molecule has 0 saturated heterocycles. The second kappa shape index (κ2) is 3.93. The van der Waals surface area contributed by atoms with E-state index in [-0.39, 0.29) is 11.8 Å². The number of carbonyl (C=O) groups is 1. The summed E-state index contributed by atoms with van der Waals surface area (Å²) >= 11 is 0. The summed E-state index contributed by atoms with van der Waals surface area (Å²) in [5.74, 6) is -1.08. The number of hydrogen-bond acceptors (Lipinski definition) is 2. The Morgan fingerprint density at radius 3 is 2.88 bits per heavy atom. The Morgan fingerprint density at radius 2 is 2.31 bits per heavy atom. The molecular weight excluding hydrogens is 202 g/mol. The SMILES string of the molecule is C=C[C@H]1[C@@H](C(=O)O)C[C@@H]2CCCC[C@@]21C#N. The number of fused-ring (bicyclic) bond motifs is 1. The van der Waals surface area contributed by atoms with Crippen LogP contribution in [0, 0.1) is 34.5 Å². The van der Waals surface area contributed by atoms with Crippen LogP contribution in [0.25, 0.3) is 0 Å². The van der Waals surface area contributed by atoms with E-state index in [1.807, 2.05) is 0 Å². The molecule has 0 radical (unpaired) electrons. The number of carboxylic acids is 1. The normalized spacial score (nSPS) is 42.1. The van der Waals surface area contributed by atoms with Crippen molar-refractivity contribution in [3.05, 3.63) is 12.7 Å². The van der Waals surface area contributed by atoms with Crippen LogP contribution in [-0.4, -0.2) is 11.1 Å². The summed E-state index contributed by atoms with van der Waals surface area (Å²) in [7, 11) is 0. The lowest BCUT2D eigenvalue weighted by molar-refractivity contribution is -0.142. The highest BCUT2D eigenvalue weighted by molar-refractivity contribution is 5.71. The molecule has 2 aliphatic rings. The van der Waals surface area contributed by atoms with Crippen LogP contribution in [0.4, 0.5) is 0 Å². The van der Waals surface area contributed by atoms with E-state index in [9.17, 15) is 15.2 Å². The quantitative estimate of drug-likeness (QED) is 0.726. The Hall–Kier alpha value is -1.30. The van der Waals surface area contributed by atoms with E-state index in [0.717, 1.165) is 25.7 Å². The highest BCUT2D eigenvalue weighted by atomic mass is 16.4. The Labute approximate surface area is 95.8 Å². The standard InChI is InChI=1S/C13H17NO2/c1-2-11-10(12(15)16)7-9-5-3-4-6-13(9,11)8-14/h2,9-11H,1,3-7H2,(H,15,16)/t9-,10-,11-,13+/m0/s1. The van der Waals surface area contributed by atoms with Gasteiger partial charge in [-0.3, -0.25) is 4.79 Å².